The minimum Gasteiger partial charge on any atom is -0.493 e. The van der Waals surface area contributed by atoms with E-state index in [9.17, 15) is 9.59 Å². The second-order valence-electron chi connectivity index (χ2n) is 4.69. The number of ketones is 1. The Balaban J connectivity index is 2.14. The third kappa shape index (κ3) is 4.44. The molecular formula is C16H16N2O5. The van der Waals surface area contributed by atoms with Crippen molar-refractivity contribution in [3.05, 3.63) is 47.8 Å². The van der Waals surface area contributed by atoms with Gasteiger partial charge in [0.25, 0.3) is 0 Å². The third-order valence-electron chi connectivity index (χ3n) is 2.95. The number of methoxy groups -OCH3 is 1. The van der Waals surface area contributed by atoms with Gasteiger partial charge in [-0.3, -0.25) is 9.48 Å². The maximum atomic E-state index is 12.2. The molecule has 1 aromatic heterocycles. The SMILES string of the molecule is COc1cc(C(=O)C=Cc2cnn(C)c2)ccc1OCC(=O)O. The van der Waals surface area contributed by atoms with Gasteiger partial charge < -0.3 is 14.6 Å². The lowest BCUT2D eigenvalue weighted by Crippen LogP contribution is -2.10. The Kier molecular flexibility index (Phi) is 5.14. The Bertz CT molecular complexity index is 749. The number of carbonyl (C=O) groups excluding carboxylic acids is 1. The molecule has 0 aliphatic heterocycles. The van der Waals surface area contributed by atoms with E-state index in [1.54, 1.807) is 36.3 Å². The first-order valence-electron chi connectivity index (χ1n) is 6.73. The van der Waals surface area contributed by atoms with Crippen LogP contribution in [0.5, 0.6) is 11.5 Å². The highest BCUT2D eigenvalue weighted by Gasteiger charge is 2.10. The van der Waals surface area contributed by atoms with Gasteiger partial charge in [0.05, 0.1) is 13.3 Å². The van der Waals surface area contributed by atoms with E-state index < -0.39 is 12.6 Å². The Morgan fingerprint density at radius 1 is 1.35 bits per heavy atom. The number of allylic oxidation sites excluding steroid dienone is 1. The van der Waals surface area contributed by atoms with Crippen molar-refractivity contribution < 1.29 is 24.2 Å². The first-order valence-corrected chi connectivity index (χ1v) is 6.73. The minimum atomic E-state index is -1.09. The number of rotatable bonds is 7. The first-order chi connectivity index (χ1) is 11.0. The van der Waals surface area contributed by atoms with Gasteiger partial charge in [-0.25, -0.2) is 4.79 Å². The average Bonchev–Trinajstić information content (AvgIpc) is 2.95. The zero-order valence-corrected chi connectivity index (χ0v) is 12.7. The molecule has 0 fully saturated rings. The molecule has 2 aromatic rings. The summed E-state index contributed by atoms with van der Waals surface area (Å²) in [6.45, 7) is -0.482. The summed E-state index contributed by atoms with van der Waals surface area (Å²) in [5, 5.41) is 12.6. The number of carboxylic acid groups (broad SMARTS) is 1. The number of hydrogen-bond acceptors (Lipinski definition) is 5. The van der Waals surface area contributed by atoms with Crippen LogP contribution >= 0.6 is 0 Å². The lowest BCUT2D eigenvalue weighted by Gasteiger charge is -2.09. The first kappa shape index (κ1) is 16.3. The Morgan fingerprint density at radius 2 is 2.13 bits per heavy atom. The highest BCUT2D eigenvalue weighted by Crippen LogP contribution is 2.28. The quantitative estimate of drug-likeness (QED) is 0.618. The summed E-state index contributed by atoms with van der Waals surface area (Å²) in [5.41, 5.74) is 1.22. The largest absolute Gasteiger partial charge is 0.493 e. The fourth-order valence-electron chi connectivity index (χ4n) is 1.87. The van der Waals surface area contributed by atoms with Crippen LogP contribution in [0.2, 0.25) is 0 Å². The van der Waals surface area contributed by atoms with Gasteiger partial charge in [0.2, 0.25) is 0 Å². The summed E-state index contributed by atoms with van der Waals surface area (Å²) < 4.78 is 11.9. The van der Waals surface area contributed by atoms with E-state index >= 15 is 0 Å². The van der Waals surface area contributed by atoms with Gasteiger partial charge in [0.15, 0.2) is 23.9 Å². The molecule has 1 heterocycles. The monoisotopic (exact) mass is 316 g/mol. The normalized spacial score (nSPS) is 10.7. The lowest BCUT2D eigenvalue weighted by atomic mass is 10.1. The molecule has 0 unspecified atom stereocenters. The predicted molar refractivity (Wildman–Crippen MR) is 82.7 cm³/mol. The Hall–Kier alpha value is -3.09. The molecule has 0 radical (unpaired) electrons. The zero-order chi connectivity index (χ0) is 16.8. The van der Waals surface area contributed by atoms with Gasteiger partial charge in [-0.1, -0.05) is 0 Å². The second kappa shape index (κ2) is 7.26. The summed E-state index contributed by atoms with van der Waals surface area (Å²) in [7, 11) is 3.21. The molecule has 0 aliphatic rings. The maximum Gasteiger partial charge on any atom is 0.341 e. The van der Waals surface area contributed by atoms with Crippen molar-refractivity contribution in [2.75, 3.05) is 13.7 Å². The van der Waals surface area contributed by atoms with Crippen LogP contribution in [0.25, 0.3) is 6.08 Å². The van der Waals surface area contributed by atoms with Gasteiger partial charge >= 0.3 is 5.97 Å². The van der Waals surface area contributed by atoms with E-state index in [2.05, 4.69) is 5.10 Å². The van der Waals surface area contributed by atoms with E-state index in [0.29, 0.717) is 11.3 Å². The van der Waals surface area contributed by atoms with Crippen molar-refractivity contribution >= 4 is 17.8 Å². The van der Waals surface area contributed by atoms with Gasteiger partial charge in [-0.2, -0.15) is 5.10 Å². The van der Waals surface area contributed by atoms with Crippen LogP contribution in [0.4, 0.5) is 0 Å². The molecule has 0 saturated carbocycles. The fourth-order valence-corrected chi connectivity index (χ4v) is 1.87. The van der Waals surface area contributed by atoms with Crippen molar-refractivity contribution in [2.24, 2.45) is 7.05 Å². The van der Waals surface area contributed by atoms with Crippen LogP contribution < -0.4 is 9.47 Å². The number of aryl methyl sites for hydroxylation is 1. The molecule has 1 aromatic carbocycles. The number of aliphatic carboxylic acids is 1. The summed E-state index contributed by atoms with van der Waals surface area (Å²) >= 11 is 0. The van der Waals surface area contributed by atoms with Gasteiger partial charge in [-0.15, -0.1) is 0 Å². The van der Waals surface area contributed by atoms with Crippen LogP contribution in [-0.4, -0.2) is 40.4 Å². The van der Waals surface area contributed by atoms with E-state index in [1.165, 1.54) is 25.3 Å². The topological polar surface area (TPSA) is 90.6 Å². The Morgan fingerprint density at radius 3 is 2.74 bits per heavy atom. The lowest BCUT2D eigenvalue weighted by molar-refractivity contribution is -0.139. The molecule has 120 valence electrons. The molecule has 23 heavy (non-hydrogen) atoms. The number of carboxylic acids is 1. The number of nitrogens with zero attached hydrogens (tertiary/aromatic N) is 2. The molecule has 7 nitrogen and oxygen atoms in total. The zero-order valence-electron chi connectivity index (χ0n) is 12.7. The molecule has 0 atom stereocenters. The van der Waals surface area contributed by atoms with Crippen molar-refractivity contribution in [1.82, 2.24) is 9.78 Å². The average molecular weight is 316 g/mol. The van der Waals surface area contributed by atoms with Crippen LogP contribution in [0.3, 0.4) is 0 Å². The van der Waals surface area contributed by atoms with Crippen LogP contribution in [-0.2, 0) is 11.8 Å². The molecule has 0 saturated heterocycles. The van der Waals surface area contributed by atoms with Crippen LogP contribution in [0.15, 0.2) is 36.7 Å². The molecule has 0 aliphatic carbocycles. The van der Waals surface area contributed by atoms with E-state index in [1.807, 2.05) is 0 Å². The smallest absolute Gasteiger partial charge is 0.341 e. The summed E-state index contributed by atoms with van der Waals surface area (Å²) in [6.07, 6.45) is 6.53. The van der Waals surface area contributed by atoms with Gasteiger partial charge in [-0.05, 0) is 30.4 Å². The molecule has 0 amide bonds. The predicted octanol–water partition coefficient (Wildman–Crippen LogP) is 1.79. The van der Waals surface area contributed by atoms with Crippen molar-refractivity contribution in [3.63, 3.8) is 0 Å². The van der Waals surface area contributed by atoms with Gasteiger partial charge in [0, 0.05) is 24.4 Å². The van der Waals surface area contributed by atoms with E-state index in [4.69, 9.17) is 14.6 Å². The Labute approximate surface area is 132 Å². The molecule has 2 rings (SSSR count). The minimum absolute atomic E-state index is 0.211. The number of carbonyl (C=O) groups is 2. The number of benzene rings is 1. The van der Waals surface area contributed by atoms with Crippen molar-refractivity contribution in [2.45, 2.75) is 0 Å². The molecule has 1 N–H and O–H groups in total. The number of aromatic nitrogens is 2. The fraction of sp³-hybridized carbons (Fsp3) is 0.188. The number of hydrogen-bond donors (Lipinski definition) is 1. The summed E-state index contributed by atoms with van der Waals surface area (Å²) in [6, 6.07) is 4.57. The highest BCUT2D eigenvalue weighted by molar-refractivity contribution is 6.07. The summed E-state index contributed by atoms with van der Waals surface area (Å²) in [4.78, 5) is 22.7. The van der Waals surface area contributed by atoms with Crippen LogP contribution in [0, 0.1) is 0 Å². The highest BCUT2D eigenvalue weighted by atomic mass is 16.5. The van der Waals surface area contributed by atoms with E-state index in [-0.39, 0.29) is 11.5 Å². The van der Waals surface area contributed by atoms with Crippen molar-refractivity contribution in [3.8, 4) is 11.5 Å². The summed E-state index contributed by atoms with van der Waals surface area (Å²) in [5.74, 6) is -0.738. The molecule has 0 bridgehead atoms. The molecular weight excluding hydrogens is 300 g/mol. The maximum absolute atomic E-state index is 12.2. The second-order valence-corrected chi connectivity index (χ2v) is 4.69. The van der Waals surface area contributed by atoms with Crippen LogP contribution in [0.1, 0.15) is 15.9 Å². The standard InChI is InChI=1S/C16H16N2O5/c1-18-9-11(8-17-18)3-5-13(19)12-4-6-14(15(7-12)22-2)23-10-16(20)21/h3-9H,10H2,1-2H3,(H,20,21). The third-order valence-corrected chi connectivity index (χ3v) is 2.95. The molecule has 0 spiro atoms. The number of ether oxygens (including phenoxy) is 2. The molecule has 7 heteroatoms. The van der Waals surface area contributed by atoms with E-state index in [0.717, 1.165) is 5.56 Å². The van der Waals surface area contributed by atoms with Crippen molar-refractivity contribution in [1.29, 1.82) is 0 Å². The van der Waals surface area contributed by atoms with Gasteiger partial charge in [0.1, 0.15) is 0 Å².